The van der Waals surface area contributed by atoms with Gasteiger partial charge in [0.25, 0.3) is 0 Å². The Kier molecular flexibility index (Phi) is 7.02. The van der Waals surface area contributed by atoms with Crippen LogP contribution in [0.15, 0.2) is 65.6 Å². The van der Waals surface area contributed by atoms with E-state index in [-0.39, 0.29) is 23.9 Å². The van der Waals surface area contributed by atoms with Gasteiger partial charge in [0, 0.05) is 7.11 Å². The first-order valence-electron chi connectivity index (χ1n) is 10.0. The molecule has 2 saturated heterocycles. The van der Waals surface area contributed by atoms with Crippen molar-refractivity contribution in [2.75, 3.05) is 19.5 Å². The molecule has 0 saturated carbocycles. The van der Waals surface area contributed by atoms with Gasteiger partial charge in [-0.3, -0.25) is 0 Å². The molecule has 8 nitrogen and oxygen atoms in total. The molecule has 0 bridgehead atoms. The number of hydrogen-bond acceptors (Lipinski definition) is 8. The normalized spacial score (nSPS) is 31.2. The lowest BCUT2D eigenvalue weighted by Crippen LogP contribution is -2.64. The molecule has 31 heavy (non-hydrogen) atoms. The van der Waals surface area contributed by atoms with E-state index in [1.165, 1.54) is 19.2 Å². The standard InChI is InChI=1S/C22H26O8S/c1-26-22-21(28-12-15-8-4-2-5-9-15)19(23)20-17(29-22)13-27-18(30-20)14-31(24,25)16-10-6-3-7-11-16/h2-11,17-23H,12-14H2,1H3/t17-,18?,19-,20-,21-,22+/m1/s1. The van der Waals surface area contributed by atoms with Crippen molar-refractivity contribution < 1.29 is 37.2 Å². The highest BCUT2D eigenvalue weighted by Gasteiger charge is 2.50. The minimum atomic E-state index is -3.62. The van der Waals surface area contributed by atoms with Crippen LogP contribution in [0.25, 0.3) is 0 Å². The molecular formula is C22H26O8S. The highest BCUT2D eigenvalue weighted by molar-refractivity contribution is 7.91. The molecule has 0 aromatic heterocycles. The van der Waals surface area contributed by atoms with Crippen LogP contribution in [0.4, 0.5) is 0 Å². The van der Waals surface area contributed by atoms with Crippen LogP contribution in [-0.4, -0.2) is 70.0 Å². The Hall–Kier alpha value is -1.85. The first kappa shape index (κ1) is 22.3. The van der Waals surface area contributed by atoms with Gasteiger partial charge in [0.05, 0.1) is 18.1 Å². The predicted molar refractivity (Wildman–Crippen MR) is 110 cm³/mol. The van der Waals surface area contributed by atoms with Crippen molar-refractivity contribution in [3.8, 4) is 0 Å². The van der Waals surface area contributed by atoms with Crippen LogP contribution in [-0.2, 0) is 40.1 Å². The minimum Gasteiger partial charge on any atom is -0.387 e. The molecule has 4 rings (SSSR count). The third-order valence-electron chi connectivity index (χ3n) is 5.35. The molecule has 2 aromatic carbocycles. The van der Waals surface area contributed by atoms with Crippen molar-refractivity contribution in [3.05, 3.63) is 66.2 Å². The Bertz CT molecular complexity index is 936. The van der Waals surface area contributed by atoms with Gasteiger partial charge in [0.15, 0.2) is 22.4 Å². The molecule has 168 valence electrons. The van der Waals surface area contributed by atoms with Gasteiger partial charge in [-0.05, 0) is 17.7 Å². The van der Waals surface area contributed by atoms with Gasteiger partial charge in [-0.25, -0.2) is 8.42 Å². The number of methoxy groups -OCH3 is 1. The second-order valence-electron chi connectivity index (χ2n) is 7.49. The van der Waals surface area contributed by atoms with Gasteiger partial charge in [0.2, 0.25) is 0 Å². The van der Waals surface area contributed by atoms with E-state index >= 15 is 0 Å². The molecule has 0 amide bonds. The summed E-state index contributed by atoms with van der Waals surface area (Å²) in [5.74, 6) is -0.365. The van der Waals surface area contributed by atoms with E-state index in [4.69, 9.17) is 23.7 Å². The largest absolute Gasteiger partial charge is 0.387 e. The first-order chi connectivity index (χ1) is 15.0. The molecule has 2 aromatic rings. The summed E-state index contributed by atoms with van der Waals surface area (Å²) >= 11 is 0. The Morgan fingerprint density at radius 1 is 1.03 bits per heavy atom. The average molecular weight is 451 g/mol. The second-order valence-corrected chi connectivity index (χ2v) is 9.52. The Morgan fingerprint density at radius 2 is 1.71 bits per heavy atom. The van der Waals surface area contributed by atoms with Crippen molar-refractivity contribution in [2.45, 2.75) is 48.5 Å². The van der Waals surface area contributed by atoms with Crippen LogP contribution in [0.5, 0.6) is 0 Å². The van der Waals surface area contributed by atoms with Gasteiger partial charge in [0.1, 0.15) is 30.2 Å². The molecule has 2 aliphatic rings. The van der Waals surface area contributed by atoms with Crippen molar-refractivity contribution in [1.29, 1.82) is 0 Å². The number of benzene rings is 2. The summed E-state index contributed by atoms with van der Waals surface area (Å²) in [4.78, 5) is 0.188. The van der Waals surface area contributed by atoms with Gasteiger partial charge in [-0.1, -0.05) is 48.5 Å². The topological polar surface area (TPSA) is 101 Å². The molecule has 0 spiro atoms. The van der Waals surface area contributed by atoms with E-state index in [0.29, 0.717) is 0 Å². The molecule has 0 aliphatic carbocycles. The van der Waals surface area contributed by atoms with Crippen molar-refractivity contribution in [2.24, 2.45) is 0 Å². The lowest BCUT2D eigenvalue weighted by atomic mass is 9.98. The SMILES string of the molecule is CO[C@H]1O[C@@H]2COC(CS(=O)(=O)c3ccccc3)O[C@H]2[C@@H](O)[C@H]1OCc1ccccc1. The highest BCUT2D eigenvalue weighted by Crippen LogP contribution is 2.31. The summed E-state index contributed by atoms with van der Waals surface area (Å²) in [7, 11) is -2.15. The van der Waals surface area contributed by atoms with Crippen LogP contribution < -0.4 is 0 Å². The van der Waals surface area contributed by atoms with Crippen LogP contribution in [0.1, 0.15) is 5.56 Å². The fourth-order valence-electron chi connectivity index (χ4n) is 3.74. The number of fused-ring (bicyclic) bond motifs is 1. The first-order valence-corrected chi connectivity index (χ1v) is 11.7. The molecular weight excluding hydrogens is 424 g/mol. The summed E-state index contributed by atoms with van der Waals surface area (Å²) in [6.45, 7) is 0.327. The maximum Gasteiger partial charge on any atom is 0.186 e. The maximum atomic E-state index is 12.7. The lowest BCUT2D eigenvalue weighted by Gasteiger charge is -2.47. The van der Waals surface area contributed by atoms with Crippen LogP contribution in [0.3, 0.4) is 0 Å². The monoisotopic (exact) mass is 450 g/mol. The van der Waals surface area contributed by atoms with Crippen molar-refractivity contribution >= 4 is 9.84 Å². The van der Waals surface area contributed by atoms with E-state index < -0.39 is 46.8 Å². The second kappa shape index (κ2) is 9.74. The molecule has 1 unspecified atom stereocenters. The van der Waals surface area contributed by atoms with E-state index in [1.54, 1.807) is 18.2 Å². The van der Waals surface area contributed by atoms with E-state index in [2.05, 4.69) is 0 Å². The molecule has 2 fully saturated rings. The smallest absolute Gasteiger partial charge is 0.186 e. The van der Waals surface area contributed by atoms with Gasteiger partial charge < -0.3 is 28.8 Å². The molecule has 2 aliphatic heterocycles. The molecule has 9 heteroatoms. The summed E-state index contributed by atoms with van der Waals surface area (Å²) < 4.78 is 53.9. The number of sulfone groups is 1. The van der Waals surface area contributed by atoms with Crippen molar-refractivity contribution in [3.63, 3.8) is 0 Å². The average Bonchev–Trinajstić information content (AvgIpc) is 2.79. The lowest BCUT2D eigenvalue weighted by molar-refractivity contribution is -0.358. The number of aliphatic hydroxyl groups is 1. The third-order valence-corrected chi connectivity index (χ3v) is 7.05. The number of ether oxygens (including phenoxy) is 5. The fraction of sp³-hybridized carbons (Fsp3) is 0.455. The Morgan fingerprint density at radius 3 is 2.39 bits per heavy atom. The maximum absolute atomic E-state index is 12.7. The molecule has 6 atom stereocenters. The van der Waals surface area contributed by atoms with Gasteiger partial charge in [-0.2, -0.15) is 0 Å². The summed E-state index contributed by atoms with van der Waals surface area (Å²) in [5, 5.41) is 11.0. The number of rotatable bonds is 7. The van der Waals surface area contributed by atoms with Crippen molar-refractivity contribution in [1.82, 2.24) is 0 Å². The zero-order valence-corrected chi connectivity index (χ0v) is 17.9. The van der Waals surface area contributed by atoms with Gasteiger partial charge in [-0.15, -0.1) is 0 Å². The van der Waals surface area contributed by atoms with Crippen LogP contribution in [0.2, 0.25) is 0 Å². The zero-order chi connectivity index (χ0) is 21.8. The fourth-order valence-corrected chi connectivity index (χ4v) is 5.04. The summed E-state index contributed by atoms with van der Waals surface area (Å²) in [6, 6.07) is 17.6. The molecule has 1 N–H and O–H groups in total. The Labute approximate surface area is 181 Å². The minimum absolute atomic E-state index is 0.0714. The summed E-state index contributed by atoms with van der Waals surface area (Å²) in [5.41, 5.74) is 0.936. The summed E-state index contributed by atoms with van der Waals surface area (Å²) in [6.07, 6.45) is -5.14. The molecule has 0 radical (unpaired) electrons. The van der Waals surface area contributed by atoms with Crippen LogP contribution >= 0.6 is 0 Å². The third kappa shape index (κ3) is 5.15. The van der Waals surface area contributed by atoms with Crippen LogP contribution in [0, 0.1) is 0 Å². The molecule has 2 heterocycles. The van der Waals surface area contributed by atoms with E-state index in [1.807, 2.05) is 30.3 Å². The van der Waals surface area contributed by atoms with Gasteiger partial charge >= 0.3 is 0 Å². The van der Waals surface area contributed by atoms with E-state index in [9.17, 15) is 13.5 Å². The predicted octanol–water partition coefficient (Wildman–Crippen LogP) is 1.52. The number of aliphatic hydroxyl groups excluding tert-OH is 1. The van der Waals surface area contributed by atoms with E-state index in [0.717, 1.165) is 5.56 Å². The highest BCUT2D eigenvalue weighted by atomic mass is 32.2. The zero-order valence-electron chi connectivity index (χ0n) is 17.1. The Balaban J connectivity index is 1.43. The quantitative estimate of drug-likeness (QED) is 0.678. The number of hydrogen-bond donors (Lipinski definition) is 1.